The third-order valence-electron chi connectivity index (χ3n) is 7.48. The molecule has 0 spiro atoms. The minimum atomic E-state index is -1.21. The second kappa shape index (κ2) is 16.0. The zero-order valence-electron chi connectivity index (χ0n) is 27.3. The summed E-state index contributed by atoms with van der Waals surface area (Å²) < 4.78 is 5.29. The second-order valence-corrected chi connectivity index (χ2v) is 11.2. The molecule has 3 aromatic rings. The number of nitrogens with one attached hydrogen (secondary N) is 3. The van der Waals surface area contributed by atoms with Gasteiger partial charge in [-0.2, -0.15) is 15.2 Å². The summed E-state index contributed by atoms with van der Waals surface area (Å²) in [5.74, 6) is -1.82. The lowest BCUT2D eigenvalue weighted by molar-refractivity contribution is -0.112. The van der Waals surface area contributed by atoms with Crippen molar-refractivity contribution in [2.45, 2.75) is 66.7 Å². The molecule has 5 rings (SSSR count). The van der Waals surface area contributed by atoms with Crippen LogP contribution in [0, 0.1) is 0 Å². The van der Waals surface area contributed by atoms with Gasteiger partial charge in [-0.25, -0.2) is 4.79 Å². The minimum absolute atomic E-state index is 0.0487. The number of fused-ring (bicyclic) bond motifs is 1. The molecule has 0 saturated carbocycles. The number of furan rings is 1. The Labute approximate surface area is 265 Å². The molecule has 1 aromatic heterocycles. The molecule has 11 nitrogen and oxygen atoms in total. The Kier molecular flexibility index (Phi) is 12.5. The molecule has 11 heteroatoms. The van der Waals surface area contributed by atoms with Gasteiger partial charge in [-0.1, -0.05) is 53.7 Å². The number of carbonyl (C=O) groups excluding carboxylic acids is 1. The molecule has 1 aliphatic heterocycles. The van der Waals surface area contributed by atoms with Gasteiger partial charge >= 0.3 is 11.9 Å². The fourth-order valence-corrected chi connectivity index (χ4v) is 4.97. The largest absolute Gasteiger partial charge is 0.505 e. The van der Waals surface area contributed by atoms with E-state index in [1.807, 2.05) is 12.1 Å². The maximum Gasteiger partial charge on any atom is 0.371 e. The number of amides is 1. The quantitative estimate of drug-likeness (QED) is 0.145. The first kappa shape index (κ1) is 35.0. The van der Waals surface area contributed by atoms with Crippen LogP contribution in [0.15, 0.2) is 63.2 Å². The number of para-hydroxylation sites is 1. The van der Waals surface area contributed by atoms with Crippen molar-refractivity contribution in [1.29, 1.82) is 0 Å². The van der Waals surface area contributed by atoms with E-state index < -0.39 is 5.97 Å². The van der Waals surface area contributed by atoms with Gasteiger partial charge in [0.05, 0.1) is 22.6 Å². The lowest BCUT2D eigenvalue weighted by Gasteiger charge is -2.21. The van der Waals surface area contributed by atoms with Crippen LogP contribution in [0.3, 0.4) is 0 Å². The van der Waals surface area contributed by atoms with Crippen LogP contribution < -0.4 is 21.1 Å². The summed E-state index contributed by atoms with van der Waals surface area (Å²) in [5.41, 5.74) is 7.06. The fourth-order valence-electron chi connectivity index (χ4n) is 4.97. The Bertz CT molecular complexity index is 1530. The molecule has 0 saturated heterocycles. The second-order valence-electron chi connectivity index (χ2n) is 11.2. The van der Waals surface area contributed by atoms with Crippen LogP contribution in [0.25, 0.3) is 11.3 Å². The Morgan fingerprint density at radius 3 is 2.27 bits per heavy atom. The van der Waals surface area contributed by atoms with Crippen LogP contribution in [0.5, 0.6) is 5.75 Å². The monoisotopic (exact) mass is 618 g/mol. The van der Waals surface area contributed by atoms with Gasteiger partial charge in [0, 0.05) is 0 Å². The van der Waals surface area contributed by atoms with E-state index in [0.717, 1.165) is 39.0 Å². The zero-order valence-corrected chi connectivity index (χ0v) is 27.3. The minimum Gasteiger partial charge on any atom is -0.505 e. The number of phenols is 1. The first-order valence-corrected chi connectivity index (χ1v) is 15.4. The summed E-state index contributed by atoms with van der Waals surface area (Å²) in [4.78, 5) is 24.2. The SMILES string of the molecule is CC1=NN(c2ccc3c(c2)C(C)(C)CC3)C(=O)/C1=N\Nc1cccc(-c2ccc(C(=O)O)o2)c1O.CCNCC.CCNCC. The van der Waals surface area contributed by atoms with Gasteiger partial charge in [0.1, 0.15) is 5.76 Å². The molecular weight excluding hydrogens is 572 g/mol. The molecule has 0 fully saturated rings. The molecule has 242 valence electrons. The number of aromatic carboxylic acids is 1. The van der Waals surface area contributed by atoms with E-state index in [4.69, 9.17) is 9.52 Å². The molecule has 45 heavy (non-hydrogen) atoms. The lowest BCUT2D eigenvalue weighted by atomic mass is 9.86. The summed E-state index contributed by atoms with van der Waals surface area (Å²) in [6.45, 7) is 18.9. The third kappa shape index (κ3) is 8.58. The molecular formula is C34H46N6O5. The third-order valence-corrected chi connectivity index (χ3v) is 7.48. The summed E-state index contributed by atoms with van der Waals surface area (Å²) in [5, 5.41) is 36.0. The van der Waals surface area contributed by atoms with Crippen LogP contribution in [0.1, 0.15) is 76.6 Å². The molecule has 5 N–H and O–H groups in total. The van der Waals surface area contributed by atoms with Gasteiger partial charge in [-0.3, -0.25) is 10.2 Å². The smallest absolute Gasteiger partial charge is 0.371 e. The van der Waals surface area contributed by atoms with Gasteiger partial charge in [-0.05, 0) is 98.9 Å². The Morgan fingerprint density at radius 1 is 1.02 bits per heavy atom. The highest BCUT2D eigenvalue weighted by molar-refractivity contribution is 6.71. The van der Waals surface area contributed by atoms with Crippen LogP contribution in [0.2, 0.25) is 0 Å². The van der Waals surface area contributed by atoms with Gasteiger partial charge in [0.25, 0.3) is 0 Å². The Balaban J connectivity index is 0.000000482. The van der Waals surface area contributed by atoms with Gasteiger partial charge < -0.3 is 25.3 Å². The van der Waals surface area contributed by atoms with E-state index >= 15 is 0 Å². The average Bonchev–Trinajstić information content (AvgIpc) is 3.70. The number of nitrogens with zero attached hydrogens (tertiary/aromatic N) is 3. The van der Waals surface area contributed by atoms with E-state index in [2.05, 4.69) is 73.9 Å². The topological polar surface area (TPSA) is 152 Å². The van der Waals surface area contributed by atoms with Crippen molar-refractivity contribution >= 4 is 34.7 Å². The molecule has 0 atom stereocenters. The lowest BCUT2D eigenvalue weighted by Crippen LogP contribution is -2.28. The first-order valence-electron chi connectivity index (χ1n) is 15.4. The van der Waals surface area contributed by atoms with E-state index in [1.54, 1.807) is 25.1 Å². The summed E-state index contributed by atoms with van der Waals surface area (Å²) >= 11 is 0. The number of rotatable bonds is 9. The number of benzene rings is 2. The number of hydrazone groups is 2. The van der Waals surface area contributed by atoms with Crippen molar-refractivity contribution in [3.8, 4) is 17.1 Å². The van der Waals surface area contributed by atoms with Crippen LogP contribution in [-0.2, 0) is 16.6 Å². The highest BCUT2D eigenvalue weighted by atomic mass is 16.4. The fraction of sp³-hybridized carbons (Fsp3) is 0.412. The molecule has 2 heterocycles. The number of carboxylic acids is 1. The van der Waals surface area contributed by atoms with Gasteiger partial charge in [0.15, 0.2) is 11.5 Å². The molecule has 0 unspecified atom stereocenters. The van der Waals surface area contributed by atoms with E-state index in [9.17, 15) is 14.7 Å². The van der Waals surface area contributed by atoms with E-state index in [1.165, 1.54) is 28.3 Å². The number of phenolic OH excluding ortho intramolecular Hbond substituents is 1. The molecule has 2 aliphatic rings. The number of hydrogen-bond donors (Lipinski definition) is 5. The molecule has 0 bridgehead atoms. The van der Waals surface area contributed by atoms with Crippen molar-refractivity contribution in [2.24, 2.45) is 10.2 Å². The van der Waals surface area contributed by atoms with Crippen LogP contribution >= 0.6 is 0 Å². The Morgan fingerprint density at radius 2 is 1.69 bits per heavy atom. The number of carboxylic acid groups (broad SMARTS) is 1. The van der Waals surface area contributed by atoms with E-state index in [0.29, 0.717) is 11.4 Å². The van der Waals surface area contributed by atoms with Gasteiger partial charge in [0.2, 0.25) is 5.76 Å². The highest BCUT2D eigenvalue weighted by Gasteiger charge is 2.34. The summed E-state index contributed by atoms with van der Waals surface area (Å²) in [7, 11) is 0. The number of anilines is 2. The standard InChI is InChI=1S/C26H24N4O5.2C4H11N/c1-14-22(24(32)30(29-14)16-8-7-15-11-12-26(2,3)18(15)13-16)28-27-19-6-4-5-17(23(19)31)20-9-10-21(35-20)25(33)34;2*1-3-5-4-2/h4-10,13,27,31H,11-12H2,1-3H3,(H,33,34);2*5H,3-4H2,1-2H3/b28-22-;;. The molecule has 0 radical (unpaired) electrons. The number of hydrogen-bond acceptors (Lipinski definition) is 9. The number of carbonyl (C=O) groups is 2. The predicted octanol–water partition coefficient (Wildman–Crippen LogP) is 6.00. The zero-order chi connectivity index (χ0) is 33.1. The van der Waals surface area contributed by atoms with Crippen molar-refractivity contribution in [2.75, 3.05) is 36.6 Å². The Hall–Kier alpha value is -4.48. The molecule has 1 aliphatic carbocycles. The van der Waals surface area contributed by atoms with Gasteiger partial charge in [-0.15, -0.1) is 0 Å². The maximum atomic E-state index is 13.1. The van der Waals surface area contributed by atoms with Crippen molar-refractivity contribution < 1.29 is 24.2 Å². The van der Waals surface area contributed by atoms with Crippen molar-refractivity contribution in [3.63, 3.8) is 0 Å². The molecule has 2 aromatic carbocycles. The number of aromatic hydroxyl groups is 1. The van der Waals surface area contributed by atoms with Crippen molar-refractivity contribution in [3.05, 3.63) is 65.4 Å². The summed E-state index contributed by atoms with van der Waals surface area (Å²) in [6.07, 6.45) is 2.09. The molecule has 1 amide bonds. The average molecular weight is 619 g/mol. The van der Waals surface area contributed by atoms with Crippen LogP contribution in [-0.4, -0.2) is 59.7 Å². The van der Waals surface area contributed by atoms with E-state index in [-0.39, 0.29) is 45.6 Å². The van der Waals surface area contributed by atoms with Crippen molar-refractivity contribution in [1.82, 2.24) is 10.6 Å². The maximum absolute atomic E-state index is 13.1. The predicted molar refractivity (Wildman–Crippen MR) is 181 cm³/mol. The highest BCUT2D eigenvalue weighted by Crippen LogP contribution is 2.40. The summed E-state index contributed by atoms with van der Waals surface area (Å²) in [6, 6.07) is 13.6. The van der Waals surface area contributed by atoms with Crippen LogP contribution in [0.4, 0.5) is 11.4 Å². The normalized spacial score (nSPS) is 15.5. The number of aryl methyl sites for hydroxylation is 1. The first-order chi connectivity index (χ1) is 21.5.